The van der Waals surface area contributed by atoms with Crippen molar-refractivity contribution in [3.63, 3.8) is 0 Å². The Morgan fingerprint density at radius 1 is 1.56 bits per heavy atom. The molecule has 16 heavy (non-hydrogen) atoms. The largest absolute Gasteiger partial charge is 0.390 e. The van der Waals surface area contributed by atoms with Crippen molar-refractivity contribution < 1.29 is 18.4 Å². The van der Waals surface area contributed by atoms with Crippen molar-refractivity contribution in [1.29, 1.82) is 0 Å². The lowest BCUT2D eigenvalue weighted by atomic mass is 10.3. The van der Waals surface area contributed by atoms with Gasteiger partial charge in [0, 0.05) is 11.5 Å². The fourth-order valence-electron chi connectivity index (χ4n) is 1.18. The quantitative estimate of drug-likeness (QED) is 0.823. The lowest BCUT2D eigenvalue weighted by molar-refractivity contribution is 0.0547. The van der Waals surface area contributed by atoms with Crippen LogP contribution >= 0.6 is 0 Å². The van der Waals surface area contributed by atoms with Crippen molar-refractivity contribution in [2.24, 2.45) is 0 Å². The van der Waals surface area contributed by atoms with Crippen molar-refractivity contribution >= 4 is 10.8 Å². The Labute approximate surface area is 96.7 Å². The smallest absolute Gasteiger partial charge is 0.124 e. The van der Waals surface area contributed by atoms with E-state index in [1.165, 1.54) is 18.2 Å². The molecule has 0 saturated heterocycles. The molecule has 5 heteroatoms. The molecular formula is C11H15FO3S. The molecule has 1 aromatic carbocycles. The zero-order valence-corrected chi connectivity index (χ0v) is 9.87. The van der Waals surface area contributed by atoms with Gasteiger partial charge in [0.25, 0.3) is 0 Å². The summed E-state index contributed by atoms with van der Waals surface area (Å²) in [6, 6.07) is 5.57. The predicted molar refractivity (Wildman–Crippen MR) is 60.2 cm³/mol. The highest BCUT2D eigenvalue weighted by Gasteiger charge is 2.11. The van der Waals surface area contributed by atoms with E-state index in [1.54, 1.807) is 6.07 Å². The first-order valence-electron chi connectivity index (χ1n) is 5.03. The Morgan fingerprint density at radius 3 is 2.94 bits per heavy atom. The predicted octanol–water partition coefficient (Wildman–Crippen LogP) is 1.33. The van der Waals surface area contributed by atoms with Gasteiger partial charge in [-0.1, -0.05) is 6.07 Å². The maximum absolute atomic E-state index is 12.8. The van der Waals surface area contributed by atoms with E-state index in [0.29, 0.717) is 11.5 Å². The van der Waals surface area contributed by atoms with Crippen LogP contribution in [-0.4, -0.2) is 34.4 Å². The van der Waals surface area contributed by atoms with Crippen LogP contribution in [0.3, 0.4) is 0 Å². The third-order valence-corrected chi connectivity index (χ3v) is 3.38. The van der Waals surface area contributed by atoms with Crippen LogP contribution in [0.15, 0.2) is 29.2 Å². The first-order chi connectivity index (χ1) is 7.63. The van der Waals surface area contributed by atoms with Crippen LogP contribution in [0.25, 0.3) is 0 Å². The molecule has 0 amide bonds. The fourth-order valence-corrected chi connectivity index (χ4v) is 2.29. The molecule has 0 fully saturated rings. The van der Waals surface area contributed by atoms with Crippen LogP contribution in [0.1, 0.15) is 6.92 Å². The van der Waals surface area contributed by atoms with Crippen LogP contribution in [0.4, 0.5) is 4.39 Å². The number of aliphatic hydroxyl groups excluding tert-OH is 1. The molecule has 90 valence electrons. The molecule has 2 atom stereocenters. The number of hydrogen-bond donors (Lipinski definition) is 1. The van der Waals surface area contributed by atoms with E-state index in [0.717, 1.165) is 0 Å². The number of benzene rings is 1. The van der Waals surface area contributed by atoms with E-state index < -0.39 is 22.7 Å². The van der Waals surface area contributed by atoms with Crippen LogP contribution in [-0.2, 0) is 15.5 Å². The Morgan fingerprint density at radius 2 is 2.31 bits per heavy atom. The van der Waals surface area contributed by atoms with Gasteiger partial charge in [0.05, 0.1) is 29.3 Å². The molecule has 0 saturated carbocycles. The topological polar surface area (TPSA) is 46.5 Å². The Hall–Kier alpha value is -0.780. The van der Waals surface area contributed by atoms with Crippen molar-refractivity contribution in [1.82, 2.24) is 0 Å². The molecule has 0 aliphatic rings. The summed E-state index contributed by atoms with van der Waals surface area (Å²) in [5.41, 5.74) is 0. The highest BCUT2D eigenvalue weighted by molar-refractivity contribution is 7.85. The van der Waals surface area contributed by atoms with Crippen molar-refractivity contribution in [3.8, 4) is 0 Å². The Bertz CT molecular complexity index is 357. The number of ether oxygens (including phenoxy) is 1. The first-order valence-corrected chi connectivity index (χ1v) is 6.35. The summed E-state index contributed by atoms with van der Waals surface area (Å²) in [5.74, 6) is -0.367. The molecule has 2 unspecified atom stereocenters. The third-order valence-electron chi connectivity index (χ3n) is 1.92. The van der Waals surface area contributed by atoms with Crippen molar-refractivity contribution in [2.45, 2.75) is 17.9 Å². The second-order valence-corrected chi connectivity index (χ2v) is 4.78. The standard InChI is InChI=1S/C11H15FO3S/c1-2-15-7-10(13)8-16(14)11-5-3-4-9(12)6-11/h3-6,10,13H,2,7-8H2,1H3. The molecule has 1 N–H and O–H groups in total. The average Bonchev–Trinajstić information content (AvgIpc) is 2.26. The van der Waals surface area contributed by atoms with Gasteiger partial charge in [-0.15, -0.1) is 0 Å². The van der Waals surface area contributed by atoms with Crippen molar-refractivity contribution in [2.75, 3.05) is 19.0 Å². The minimum absolute atomic E-state index is 0.0590. The normalized spacial score (nSPS) is 14.7. The summed E-state index contributed by atoms with van der Waals surface area (Å²) >= 11 is 0. The molecule has 0 aliphatic heterocycles. The van der Waals surface area contributed by atoms with E-state index in [-0.39, 0.29) is 12.4 Å². The highest BCUT2D eigenvalue weighted by Crippen LogP contribution is 2.09. The minimum Gasteiger partial charge on any atom is -0.390 e. The van der Waals surface area contributed by atoms with Gasteiger partial charge in [-0.2, -0.15) is 0 Å². The molecule has 0 bridgehead atoms. The number of rotatable bonds is 6. The van der Waals surface area contributed by atoms with E-state index in [1.807, 2.05) is 6.92 Å². The fraction of sp³-hybridized carbons (Fsp3) is 0.455. The zero-order valence-electron chi connectivity index (χ0n) is 9.06. The molecule has 1 aromatic rings. The lowest BCUT2D eigenvalue weighted by Gasteiger charge is -2.10. The summed E-state index contributed by atoms with van der Waals surface area (Å²) < 4.78 is 29.5. The lowest BCUT2D eigenvalue weighted by Crippen LogP contribution is -2.22. The zero-order chi connectivity index (χ0) is 12.0. The van der Waals surface area contributed by atoms with Crippen LogP contribution in [0.2, 0.25) is 0 Å². The number of hydrogen-bond acceptors (Lipinski definition) is 3. The van der Waals surface area contributed by atoms with Crippen molar-refractivity contribution in [3.05, 3.63) is 30.1 Å². The van der Waals surface area contributed by atoms with Gasteiger partial charge in [-0.05, 0) is 25.1 Å². The summed E-state index contributed by atoms with van der Waals surface area (Å²) in [7, 11) is -1.40. The monoisotopic (exact) mass is 246 g/mol. The number of aliphatic hydroxyl groups is 1. The second kappa shape index (κ2) is 6.73. The SMILES string of the molecule is CCOCC(O)CS(=O)c1cccc(F)c1. The molecule has 0 radical (unpaired) electrons. The van der Waals surface area contributed by atoms with Gasteiger partial charge < -0.3 is 9.84 Å². The molecule has 1 rings (SSSR count). The van der Waals surface area contributed by atoms with Gasteiger partial charge in [0.1, 0.15) is 5.82 Å². The Kier molecular flexibility index (Phi) is 5.59. The number of halogens is 1. The van der Waals surface area contributed by atoms with Gasteiger partial charge in [-0.3, -0.25) is 4.21 Å². The Balaban J connectivity index is 2.52. The minimum atomic E-state index is -1.40. The van der Waals surface area contributed by atoms with Gasteiger partial charge in [0.2, 0.25) is 0 Å². The summed E-state index contributed by atoms with van der Waals surface area (Å²) in [6.45, 7) is 2.47. The first kappa shape index (κ1) is 13.3. The van der Waals surface area contributed by atoms with E-state index >= 15 is 0 Å². The highest BCUT2D eigenvalue weighted by atomic mass is 32.2. The van der Waals surface area contributed by atoms with Crippen LogP contribution < -0.4 is 0 Å². The van der Waals surface area contributed by atoms with Gasteiger partial charge in [-0.25, -0.2) is 4.39 Å². The van der Waals surface area contributed by atoms with E-state index in [2.05, 4.69) is 0 Å². The van der Waals surface area contributed by atoms with Gasteiger partial charge >= 0.3 is 0 Å². The van der Waals surface area contributed by atoms with E-state index in [9.17, 15) is 13.7 Å². The molecule has 0 heterocycles. The summed E-state index contributed by atoms with van der Waals surface area (Å²) in [5, 5.41) is 9.47. The maximum Gasteiger partial charge on any atom is 0.124 e. The average molecular weight is 246 g/mol. The second-order valence-electron chi connectivity index (χ2n) is 3.28. The third kappa shape index (κ3) is 4.38. The molecule has 0 spiro atoms. The molecule has 0 aliphatic carbocycles. The molecule has 3 nitrogen and oxygen atoms in total. The van der Waals surface area contributed by atoms with E-state index in [4.69, 9.17) is 4.74 Å². The summed E-state index contributed by atoms with van der Waals surface area (Å²) in [6.07, 6.45) is -0.788. The van der Waals surface area contributed by atoms with Gasteiger partial charge in [0.15, 0.2) is 0 Å². The molecular weight excluding hydrogens is 231 g/mol. The summed E-state index contributed by atoms with van der Waals surface area (Å²) in [4.78, 5) is 0.385. The molecule has 0 aromatic heterocycles. The maximum atomic E-state index is 12.8. The van der Waals surface area contributed by atoms with Crippen LogP contribution in [0.5, 0.6) is 0 Å². The van der Waals surface area contributed by atoms with Crippen LogP contribution in [0, 0.1) is 5.82 Å².